The number of carbonyl (C=O) groups is 1. The van der Waals surface area contributed by atoms with E-state index in [9.17, 15) is 13.2 Å². The first-order valence-corrected chi connectivity index (χ1v) is 12.1. The SMILES string of the molecule is CC1CCN(S(=O)(=O)c2ccc(C(=O)NCc3ccc(Cn4cncn4)cc3)cc2)CC1. The Bertz CT molecular complexity index is 1140. The van der Waals surface area contributed by atoms with Crippen LogP contribution in [0, 0.1) is 5.92 Å². The van der Waals surface area contributed by atoms with Crippen molar-refractivity contribution in [3.05, 3.63) is 77.9 Å². The summed E-state index contributed by atoms with van der Waals surface area (Å²) < 4.78 is 28.9. The lowest BCUT2D eigenvalue weighted by Gasteiger charge is -2.29. The molecule has 0 bridgehead atoms. The number of benzene rings is 2. The van der Waals surface area contributed by atoms with Crippen molar-refractivity contribution < 1.29 is 13.2 Å². The number of carbonyl (C=O) groups excluding carboxylic acids is 1. The van der Waals surface area contributed by atoms with Gasteiger partial charge in [-0.1, -0.05) is 31.2 Å². The lowest BCUT2D eigenvalue weighted by molar-refractivity contribution is 0.0951. The second kappa shape index (κ2) is 9.62. The van der Waals surface area contributed by atoms with Gasteiger partial charge < -0.3 is 5.32 Å². The average Bonchev–Trinajstić information content (AvgIpc) is 3.32. The molecule has 1 amide bonds. The lowest BCUT2D eigenvalue weighted by Crippen LogP contribution is -2.37. The standard InChI is InChI=1S/C23H27N5O3S/c1-18-10-12-28(13-11-18)32(30,31)22-8-6-21(7-9-22)23(29)25-14-19-2-4-20(5-3-19)15-27-17-24-16-26-27/h2-9,16-18H,10-15H2,1H3,(H,25,29). The van der Waals surface area contributed by atoms with Crippen LogP contribution in [0.3, 0.4) is 0 Å². The summed E-state index contributed by atoms with van der Waals surface area (Å²) in [5.41, 5.74) is 2.49. The van der Waals surface area contributed by atoms with E-state index >= 15 is 0 Å². The highest BCUT2D eigenvalue weighted by Gasteiger charge is 2.28. The molecule has 2 heterocycles. The number of aromatic nitrogens is 3. The number of piperidine rings is 1. The van der Waals surface area contributed by atoms with Gasteiger partial charge in [-0.15, -0.1) is 0 Å². The molecule has 0 radical (unpaired) electrons. The first-order valence-electron chi connectivity index (χ1n) is 10.7. The Balaban J connectivity index is 1.33. The quantitative estimate of drug-likeness (QED) is 0.593. The van der Waals surface area contributed by atoms with Gasteiger partial charge >= 0.3 is 0 Å². The summed E-state index contributed by atoms with van der Waals surface area (Å²) in [5, 5.41) is 6.97. The van der Waals surface area contributed by atoms with Crippen LogP contribution in [0.4, 0.5) is 0 Å². The van der Waals surface area contributed by atoms with E-state index in [1.54, 1.807) is 23.1 Å². The molecule has 2 aromatic carbocycles. The molecule has 0 atom stereocenters. The van der Waals surface area contributed by atoms with E-state index < -0.39 is 10.0 Å². The van der Waals surface area contributed by atoms with Gasteiger partial charge in [-0.05, 0) is 54.2 Å². The molecule has 0 aliphatic carbocycles. The van der Waals surface area contributed by atoms with Crippen LogP contribution in [0.25, 0.3) is 0 Å². The Morgan fingerprint density at radius 1 is 1.03 bits per heavy atom. The van der Waals surface area contributed by atoms with Crippen molar-refractivity contribution in [2.75, 3.05) is 13.1 Å². The van der Waals surface area contributed by atoms with E-state index in [-0.39, 0.29) is 10.8 Å². The third-order valence-electron chi connectivity index (χ3n) is 5.78. The molecular weight excluding hydrogens is 426 g/mol. The Kier molecular flexibility index (Phi) is 6.66. The van der Waals surface area contributed by atoms with Crippen molar-refractivity contribution in [3.63, 3.8) is 0 Å². The van der Waals surface area contributed by atoms with Gasteiger partial charge in [-0.3, -0.25) is 4.79 Å². The van der Waals surface area contributed by atoms with Gasteiger partial charge in [0.05, 0.1) is 11.4 Å². The summed E-state index contributed by atoms with van der Waals surface area (Å²) >= 11 is 0. The Morgan fingerprint density at radius 2 is 1.69 bits per heavy atom. The average molecular weight is 454 g/mol. The van der Waals surface area contributed by atoms with Crippen molar-refractivity contribution in [1.29, 1.82) is 0 Å². The second-order valence-electron chi connectivity index (χ2n) is 8.20. The first-order chi connectivity index (χ1) is 15.4. The van der Waals surface area contributed by atoms with Gasteiger partial charge in [0.15, 0.2) is 0 Å². The van der Waals surface area contributed by atoms with E-state index in [0.29, 0.717) is 37.7 Å². The van der Waals surface area contributed by atoms with Crippen LogP contribution in [-0.2, 0) is 23.1 Å². The van der Waals surface area contributed by atoms with Crippen LogP contribution in [0.15, 0.2) is 66.1 Å². The van der Waals surface area contributed by atoms with Crippen molar-refractivity contribution >= 4 is 15.9 Å². The summed E-state index contributed by atoms with van der Waals surface area (Å²) in [7, 11) is -3.51. The Hall–Kier alpha value is -3.04. The van der Waals surface area contributed by atoms with Crippen molar-refractivity contribution in [1.82, 2.24) is 24.4 Å². The zero-order valence-corrected chi connectivity index (χ0v) is 18.8. The molecule has 1 aliphatic rings. The van der Waals surface area contributed by atoms with Crippen LogP contribution in [0.2, 0.25) is 0 Å². The molecule has 4 rings (SSSR count). The molecule has 0 saturated carbocycles. The van der Waals surface area contributed by atoms with Crippen LogP contribution in [0.5, 0.6) is 0 Å². The molecule has 9 heteroatoms. The fourth-order valence-electron chi connectivity index (χ4n) is 3.70. The number of sulfonamides is 1. The number of nitrogens with zero attached hydrogens (tertiary/aromatic N) is 4. The van der Waals surface area contributed by atoms with Gasteiger partial charge in [-0.2, -0.15) is 9.40 Å². The minimum Gasteiger partial charge on any atom is -0.348 e. The van der Waals surface area contributed by atoms with Crippen molar-refractivity contribution in [2.45, 2.75) is 37.8 Å². The molecule has 3 aromatic rings. The summed E-state index contributed by atoms with van der Waals surface area (Å²) in [5.74, 6) is 0.310. The lowest BCUT2D eigenvalue weighted by atomic mass is 10.0. The monoisotopic (exact) mass is 453 g/mol. The number of amides is 1. The van der Waals surface area contributed by atoms with Gasteiger partial charge in [-0.25, -0.2) is 18.1 Å². The van der Waals surface area contributed by atoms with Crippen molar-refractivity contribution in [3.8, 4) is 0 Å². The van der Waals surface area contributed by atoms with Crippen LogP contribution >= 0.6 is 0 Å². The van der Waals surface area contributed by atoms with E-state index in [1.807, 2.05) is 24.3 Å². The highest BCUT2D eigenvalue weighted by atomic mass is 32.2. The minimum atomic E-state index is -3.51. The second-order valence-corrected chi connectivity index (χ2v) is 10.1. The zero-order valence-electron chi connectivity index (χ0n) is 18.0. The molecule has 1 N–H and O–H groups in total. The molecule has 168 valence electrons. The molecule has 1 saturated heterocycles. The predicted molar refractivity (Wildman–Crippen MR) is 120 cm³/mol. The number of hydrogen-bond donors (Lipinski definition) is 1. The molecule has 1 aliphatic heterocycles. The summed E-state index contributed by atoms with van der Waals surface area (Å²) in [6, 6.07) is 14.1. The molecule has 0 spiro atoms. The largest absolute Gasteiger partial charge is 0.348 e. The maximum atomic E-state index is 12.8. The summed E-state index contributed by atoms with van der Waals surface area (Å²) in [6.45, 7) is 4.25. The number of hydrogen-bond acceptors (Lipinski definition) is 5. The van der Waals surface area contributed by atoms with Crippen LogP contribution in [0.1, 0.15) is 41.3 Å². The fraction of sp³-hybridized carbons (Fsp3) is 0.348. The number of nitrogens with one attached hydrogen (secondary N) is 1. The van der Waals surface area contributed by atoms with Crippen LogP contribution in [-0.4, -0.2) is 46.5 Å². The highest BCUT2D eigenvalue weighted by molar-refractivity contribution is 7.89. The number of rotatable bonds is 7. The Morgan fingerprint density at radius 3 is 2.31 bits per heavy atom. The zero-order chi connectivity index (χ0) is 22.6. The molecule has 32 heavy (non-hydrogen) atoms. The molecule has 8 nitrogen and oxygen atoms in total. The van der Waals surface area contributed by atoms with Gasteiger partial charge in [0.1, 0.15) is 12.7 Å². The van der Waals surface area contributed by atoms with Gasteiger partial charge in [0.2, 0.25) is 10.0 Å². The maximum absolute atomic E-state index is 12.8. The minimum absolute atomic E-state index is 0.228. The van der Waals surface area contributed by atoms with Gasteiger partial charge in [0, 0.05) is 25.2 Å². The van der Waals surface area contributed by atoms with Crippen LogP contribution < -0.4 is 5.32 Å². The molecule has 1 fully saturated rings. The van der Waals surface area contributed by atoms with Crippen molar-refractivity contribution in [2.24, 2.45) is 5.92 Å². The van der Waals surface area contributed by atoms with E-state index in [4.69, 9.17) is 0 Å². The summed E-state index contributed by atoms with van der Waals surface area (Å²) in [6.07, 6.45) is 4.92. The smallest absolute Gasteiger partial charge is 0.251 e. The van der Waals surface area contributed by atoms with E-state index in [2.05, 4.69) is 22.3 Å². The van der Waals surface area contributed by atoms with E-state index in [0.717, 1.165) is 24.0 Å². The topological polar surface area (TPSA) is 97.2 Å². The third-order valence-corrected chi connectivity index (χ3v) is 7.70. The third kappa shape index (κ3) is 5.23. The predicted octanol–water partition coefficient (Wildman–Crippen LogP) is 2.68. The van der Waals surface area contributed by atoms with Gasteiger partial charge in [0.25, 0.3) is 5.91 Å². The summed E-state index contributed by atoms with van der Waals surface area (Å²) in [4.78, 5) is 16.7. The normalized spacial score (nSPS) is 15.5. The van der Waals surface area contributed by atoms with E-state index in [1.165, 1.54) is 22.8 Å². The fourth-order valence-corrected chi connectivity index (χ4v) is 5.17. The highest BCUT2D eigenvalue weighted by Crippen LogP contribution is 2.23. The Labute approximate surface area is 188 Å². The maximum Gasteiger partial charge on any atom is 0.251 e. The molecular formula is C23H27N5O3S. The molecule has 0 unspecified atom stereocenters. The molecule has 1 aromatic heterocycles. The first kappa shape index (κ1) is 22.2.